The van der Waals surface area contributed by atoms with Crippen LogP contribution in [0.15, 0.2) is 47.2 Å². The van der Waals surface area contributed by atoms with Crippen molar-refractivity contribution >= 4 is 11.8 Å². The van der Waals surface area contributed by atoms with Crippen LogP contribution in [0.25, 0.3) is 11.3 Å². The molecule has 1 aromatic carbocycles. The van der Waals surface area contributed by atoms with E-state index >= 15 is 0 Å². The summed E-state index contributed by atoms with van der Waals surface area (Å²) in [5.74, 6) is -2.41. The molecule has 3 heterocycles. The van der Waals surface area contributed by atoms with Gasteiger partial charge in [-0.25, -0.2) is 18.7 Å². The van der Waals surface area contributed by atoms with Gasteiger partial charge in [0.05, 0.1) is 23.1 Å². The maximum Gasteiger partial charge on any atom is 0.273 e. The van der Waals surface area contributed by atoms with Crippen molar-refractivity contribution in [2.45, 2.75) is 68.7 Å². The van der Waals surface area contributed by atoms with E-state index in [0.29, 0.717) is 25.3 Å². The summed E-state index contributed by atoms with van der Waals surface area (Å²) in [6.07, 6.45) is 8.36. The maximum absolute atomic E-state index is 14.2. The smallest absolute Gasteiger partial charge is 0.273 e. The van der Waals surface area contributed by atoms with E-state index in [0.717, 1.165) is 50.7 Å². The molecular weight excluding hydrogens is 534 g/mol. The Morgan fingerprint density at radius 3 is 2.59 bits per heavy atom. The number of hydrogen-bond acceptors (Lipinski definition) is 8. The third-order valence-electron chi connectivity index (χ3n) is 8.51. The third kappa shape index (κ3) is 5.71. The lowest BCUT2D eigenvalue weighted by molar-refractivity contribution is -0.130. The van der Waals surface area contributed by atoms with E-state index in [2.05, 4.69) is 30.7 Å². The molecule has 3 aromatic rings. The molecular formula is C29H32F2N6O4. The van der Waals surface area contributed by atoms with Gasteiger partial charge in [-0.15, -0.1) is 0 Å². The first kappa shape index (κ1) is 27.4. The number of aromatic nitrogens is 3. The number of carbonyl (C=O) groups excluding carboxylic acids is 2. The highest BCUT2D eigenvalue weighted by Gasteiger charge is 2.50. The maximum atomic E-state index is 14.2. The highest BCUT2D eigenvalue weighted by atomic mass is 19.1. The van der Waals surface area contributed by atoms with Crippen LogP contribution in [-0.4, -0.2) is 68.2 Å². The topological polar surface area (TPSA) is 133 Å². The number of aliphatic hydroxyl groups is 1. The summed E-state index contributed by atoms with van der Waals surface area (Å²) in [5, 5.41) is 20.6. The van der Waals surface area contributed by atoms with Crippen molar-refractivity contribution in [3.63, 3.8) is 0 Å². The first-order valence-electron chi connectivity index (χ1n) is 14.1. The van der Waals surface area contributed by atoms with Gasteiger partial charge in [-0.3, -0.25) is 14.5 Å². The molecule has 2 saturated carbocycles. The zero-order chi connectivity index (χ0) is 28.6. The molecule has 12 heteroatoms. The van der Waals surface area contributed by atoms with E-state index in [4.69, 9.17) is 4.52 Å². The Labute approximate surface area is 235 Å². The number of piperidine rings is 1. The van der Waals surface area contributed by atoms with E-state index in [1.54, 1.807) is 18.5 Å². The standard InChI is InChI=1S/C29H32F2N6O4/c30-17-6-7-18(20(31)14-17)25-15-22(36-41-25)27(40)34-21-8-13-37(23-4-1-2-5-24(23)38)16-19(21)26(39)35-29(9-10-29)28-32-11-3-12-33-28/h3,6-7,11-12,14-15,19,21,23-24,38H,1-2,4-5,8-10,13,16H2,(H,34,40)(H,35,39)/t19-,21-,23+,24+/m0/s1. The molecule has 4 atom stereocenters. The van der Waals surface area contributed by atoms with Gasteiger partial charge in [0, 0.05) is 49.7 Å². The van der Waals surface area contributed by atoms with Gasteiger partial charge in [-0.1, -0.05) is 18.0 Å². The molecule has 2 aliphatic carbocycles. The van der Waals surface area contributed by atoms with Crippen molar-refractivity contribution in [1.29, 1.82) is 0 Å². The number of halogens is 2. The van der Waals surface area contributed by atoms with E-state index in [1.807, 2.05) is 0 Å². The van der Waals surface area contributed by atoms with Gasteiger partial charge in [0.25, 0.3) is 5.91 Å². The predicted octanol–water partition coefficient (Wildman–Crippen LogP) is 2.94. The fourth-order valence-corrected chi connectivity index (χ4v) is 6.08. The highest BCUT2D eigenvalue weighted by Crippen LogP contribution is 2.44. The fourth-order valence-electron chi connectivity index (χ4n) is 6.08. The first-order valence-corrected chi connectivity index (χ1v) is 14.1. The third-order valence-corrected chi connectivity index (χ3v) is 8.51. The summed E-state index contributed by atoms with van der Waals surface area (Å²) in [5.41, 5.74) is -0.725. The summed E-state index contributed by atoms with van der Waals surface area (Å²) in [7, 11) is 0. The Bertz CT molecular complexity index is 1420. The van der Waals surface area contributed by atoms with Crippen molar-refractivity contribution in [2.24, 2.45) is 5.92 Å². The second kappa shape index (κ2) is 11.2. The summed E-state index contributed by atoms with van der Waals surface area (Å²) >= 11 is 0. The number of hydrogen-bond donors (Lipinski definition) is 3. The number of likely N-dealkylation sites (tertiary alicyclic amines) is 1. The summed E-state index contributed by atoms with van der Waals surface area (Å²) in [6.45, 7) is 0.976. The van der Waals surface area contributed by atoms with Crippen LogP contribution in [0.1, 0.15) is 61.3 Å². The van der Waals surface area contributed by atoms with Gasteiger partial charge in [0.15, 0.2) is 17.3 Å². The van der Waals surface area contributed by atoms with Gasteiger partial charge >= 0.3 is 0 Å². The number of nitrogens with zero attached hydrogens (tertiary/aromatic N) is 4. The molecule has 10 nitrogen and oxygen atoms in total. The molecule has 0 unspecified atom stereocenters. The molecule has 0 bridgehead atoms. The quantitative estimate of drug-likeness (QED) is 0.398. The molecule has 216 valence electrons. The predicted molar refractivity (Wildman–Crippen MR) is 142 cm³/mol. The highest BCUT2D eigenvalue weighted by molar-refractivity contribution is 5.94. The SMILES string of the molecule is O=C(N[C@H]1CCN([C@@H]2CCCC[C@H]2O)C[C@@H]1C(=O)NC1(c2ncccn2)CC1)c1cc(-c2ccc(F)cc2F)on1. The van der Waals surface area contributed by atoms with Gasteiger partial charge in [0.2, 0.25) is 5.91 Å². The molecule has 2 amide bonds. The molecule has 3 N–H and O–H groups in total. The summed E-state index contributed by atoms with van der Waals surface area (Å²) in [6, 6.07) is 5.49. The Hall–Kier alpha value is -3.77. The van der Waals surface area contributed by atoms with Crippen LogP contribution in [0.4, 0.5) is 8.78 Å². The van der Waals surface area contributed by atoms with Gasteiger partial charge < -0.3 is 20.3 Å². The first-order chi connectivity index (χ1) is 19.8. The van der Waals surface area contributed by atoms with E-state index in [1.165, 1.54) is 12.1 Å². The fraction of sp³-hybridized carbons (Fsp3) is 0.483. The zero-order valence-corrected chi connectivity index (χ0v) is 22.4. The van der Waals surface area contributed by atoms with Crippen LogP contribution >= 0.6 is 0 Å². The van der Waals surface area contributed by atoms with Gasteiger partial charge in [-0.05, 0) is 50.3 Å². The lowest BCUT2D eigenvalue weighted by atomic mass is 9.85. The van der Waals surface area contributed by atoms with Crippen LogP contribution in [0.5, 0.6) is 0 Å². The molecule has 2 aromatic heterocycles. The van der Waals surface area contributed by atoms with Gasteiger partial charge in [0.1, 0.15) is 11.6 Å². The Balaban J connectivity index is 1.20. The molecule has 3 aliphatic rings. The number of amides is 2. The molecule has 3 fully saturated rings. The minimum Gasteiger partial charge on any atom is -0.391 e. The lowest BCUT2D eigenvalue weighted by Gasteiger charge is -2.44. The Morgan fingerprint density at radius 1 is 1.07 bits per heavy atom. The molecule has 0 radical (unpaired) electrons. The second-order valence-corrected chi connectivity index (χ2v) is 11.2. The van der Waals surface area contributed by atoms with Crippen molar-refractivity contribution in [3.05, 3.63) is 65.9 Å². The van der Waals surface area contributed by atoms with Gasteiger partial charge in [-0.2, -0.15) is 0 Å². The molecule has 6 rings (SSSR count). The number of benzene rings is 1. The normalized spacial score (nSPS) is 25.8. The summed E-state index contributed by atoms with van der Waals surface area (Å²) < 4.78 is 32.7. The molecule has 41 heavy (non-hydrogen) atoms. The van der Waals surface area contributed by atoms with Crippen molar-refractivity contribution in [1.82, 2.24) is 30.7 Å². The van der Waals surface area contributed by atoms with E-state index in [-0.39, 0.29) is 29.0 Å². The number of rotatable bonds is 7. The Kier molecular flexibility index (Phi) is 7.52. The minimum atomic E-state index is -0.835. The lowest BCUT2D eigenvalue weighted by Crippen LogP contribution is -2.60. The zero-order valence-electron chi connectivity index (χ0n) is 22.4. The number of aliphatic hydroxyl groups excluding tert-OH is 1. The largest absolute Gasteiger partial charge is 0.391 e. The van der Waals surface area contributed by atoms with Crippen LogP contribution in [0.2, 0.25) is 0 Å². The van der Waals surface area contributed by atoms with Crippen LogP contribution in [0.3, 0.4) is 0 Å². The van der Waals surface area contributed by atoms with Crippen molar-refractivity contribution in [3.8, 4) is 11.3 Å². The van der Waals surface area contributed by atoms with Crippen LogP contribution < -0.4 is 10.6 Å². The van der Waals surface area contributed by atoms with Crippen LogP contribution in [-0.2, 0) is 10.3 Å². The minimum absolute atomic E-state index is 0.0124. The molecule has 0 spiro atoms. The van der Waals surface area contributed by atoms with Crippen molar-refractivity contribution < 1.29 is 28.0 Å². The number of nitrogens with one attached hydrogen (secondary N) is 2. The van der Waals surface area contributed by atoms with Crippen molar-refractivity contribution in [2.75, 3.05) is 13.1 Å². The summed E-state index contributed by atoms with van der Waals surface area (Å²) in [4.78, 5) is 37.9. The second-order valence-electron chi connectivity index (χ2n) is 11.2. The molecule has 1 aliphatic heterocycles. The van der Waals surface area contributed by atoms with E-state index in [9.17, 15) is 23.5 Å². The van der Waals surface area contributed by atoms with E-state index < -0.39 is 41.1 Å². The average Bonchev–Trinajstić information content (AvgIpc) is 3.59. The number of carbonyl (C=O) groups is 2. The molecule has 1 saturated heterocycles. The van der Waals surface area contributed by atoms with Crippen LogP contribution in [0, 0.1) is 17.6 Å². The monoisotopic (exact) mass is 566 g/mol. The average molecular weight is 567 g/mol. The Morgan fingerprint density at radius 2 is 1.85 bits per heavy atom.